The van der Waals surface area contributed by atoms with Crippen molar-refractivity contribution >= 4 is 5.97 Å². The van der Waals surface area contributed by atoms with E-state index in [1.54, 1.807) is 0 Å². The van der Waals surface area contributed by atoms with Gasteiger partial charge in [0.15, 0.2) is 0 Å². The topological polar surface area (TPSA) is 46.5 Å². The average Bonchev–Trinajstić information content (AvgIpc) is 2.41. The molecule has 3 nitrogen and oxygen atoms in total. The number of benzene rings is 1. The van der Waals surface area contributed by atoms with E-state index in [9.17, 15) is 9.90 Å². The first-order chi connectivity index (χ1) is 9.59. The molecule has 20 heavy (non-hydrogen) atoms. The second kappa shape index (κ2) is 6.23. The molecule has 1 aliphatic heterocycles. The van der Waals surface area contributed by atoms with Gasteiger partial charge in [0.2, 0.25) is 0 Å². The van der Waals surface area contributed by atoms with Crippen LogP contribution in [0.4, 0.5) is 0 Å². The summed E-state index contributed by atoms with van der Waals surface area (Å²) < 4.78 is 5.43. The highest BCUT2D eigenvalue weighted by molar-refractivity contribution is 5.86. The molecule has 1 N–H and O–H groups in total. The molecule has 108 valence electrons. The fourth-order valence-electron chi connectivity index (χ4n) is 3.08. The van der Waals surface area contributed by atoms with Crippen molar-refractivity contribution in [1.29, 1.82) is 0 Å². The summed E-state index contributed by atoms with van der Waals surface area (Å²) in [5.41, 5.74) is 1.45. The van der Waals surface area contributed by atoms with Crippen LogP contribution in [0, 0.1) is 11.3 Å². The zero-order valence-electron chi connectivity index (χ0n) is 12.0. The van der Waals surface area contributed by atoms with Crippen LogP contribution in [0.3, 0.4) is 0 Å². The molecule has 1 aromatic carbocycles. The van der Waals surface area contributed by atoms with Gasteiger partial charge >= 0.3 is 5.97 Å². The van der Waals surface area contributed by atoms with Crippen molar-refractivity contribution in [3.05, 3.63) is 48.0 Å². The predicted octanol–water partition coefficient (Wildman–Crippen LogP) is 3.30. The number of hydrogen-bond donors (Lipinski definition) is 1. The third-order valence-electron chi connectivity index (χ3n) is 4.19. The Labute approximate surface area is 120 Å². The minimum Gasteiger partial charge on any atom is -0.478 e. The maximum atomic E-state index is 11.3. The van der Waals surface area contributed by atoms with E-state index in [4.69, 9.17) is 4.74 Å². The smallest absolute Gasteiger partial charge is 0.331 e. The third kappa shape index (κ3) is 2.93. The average molecular weight is 274 g/mol. The summed E-state index contributed by atoms with van der Waals surface area (Å²) in [6.07, 6.45) is 2.65. The van der Waals surface area contributed by atoms with Crippen LogP contribution >= 0.6 is 0 Å². The van der Waals surface area contributed by atoms with Gasteiger partial charge in [-0.25, -0.2) is 4.79 Å². The van der Waals surface area contributed by atoms with Crippen molar-refractivity contribution in [3.63, 3.8) is 0 Å². The summed E-state index contributed by atoms with van der Waals surface area (Å²) in [5, 5.41) is 9.29. The number of carboxylic acids is 1. The molecule has 0 aromatic heterocycles. The van der Waals surface area contributed by atoms with Gasteiger partial charge in [0.05, 0.1) is 13.2 Å². The molecule has 0 amide bonds. The maximum Gasteiger partial charge on any atom is 0.331 e. The molecule has 1 aliphatic rings. The van der Waals surface area contributed by atoms with Gasteiger partial charge < -0.3 is 9.84 Å². The largest absolute Gasteiger partial charge is 0.478 e. The summed E-state index contributed by atoms with van der Waals surface area (Å²) in [5.74, 6) is -0.901. The molecule has 2 rings (SSSR count). The molecule has 3 heteroatoms. The molecule has 1 aromatic rings. The first kappa shape index (κ1) is 14.8. The Balaban J connectivity index is 2.23. The summed E-state index contributed by atoms with van der Waals surface area (Å²) in [6, 6.07) is 10.2. The lowest BCUT2D eigenvalue weighted by Crippen LogP contribution is -2.51. The van der Waals surface area contributed by atoms with Crippen molar-refractivity contribution in [2.45, 2.75) is 26.2 Å². The summed E-state index contributed by atoms with van der Waals surface area (Å²) in [7, 11) is 0. The second-order valence-electron chi connectivity index (χ2n) is 5.69. The highest BCUT2D eigenvalue weighted by Gasteiger charge is 2.47. The molecule has 1 heterocycles. The van der Waals surface area contributed by atoms with Crippen LogP contribution < -0.4 is 0 Å². The summed E-state index contributed by atoms with van der Waals surface area (Å²) in [4.78, 5) is 11.3. The second-order valence-corrected chi connectivity index (χ2v) is 5.69. The Morgan fingerprint density at radius 3 is 2.50 bits per heavy atom. The standard InChI is InChI=1S/C17H22O3/c1-3-7-15(13(2)16(18)19)17(11-20-12-17)10-14-8-5-4-6-9-14/h4-6,8-9,15H,2-3,7,10-12H2,1H3,(H,18,19). The number of rotatable bonds is 7. The lowest BCUT2D eigenvalue weighted by Gasteiger charge is -2.47. The molecule has 1 saturated heterocycles. The van der Waals surface area contributed by atoms with Crippen molar-refractivity contribution in [1.82, 2.24) is 0 Å². The van der Waals surface area contributed by atoms with E-state index in [1.165, 1.54) is 5.56 Å². The van der Waals surface area contributed by atoms with Gasteiger partial charge in [0.25, 0.3) is 0 Å². The number of hydrogen-bond acceptors (Lipinski definition) is 2. The molecule has 1 atom stereocenters. The number of aliphatic carboxylic acids is 1. The molecular formula is C17H22O3. The van der Waals surface area contributed by atoms with Crippen LogP contribution in [0.15, 0.2) is 42.5 Å². The Bertz CT molecular complexity index is 474. The van der Waals surface area contributed by atoms with E-state index in [0.717, 1.165) is 19.3 Å². The molecule has 0 aliphatic carbocycles. The van der Waals surface area contributed by atoms with E-state index in [2.05, 4.69) is 25.6 Å². The molecule has 1 unspecified atom stereocenters. The summed E-state index contributed by atoms with van der Waals surface area (Å²) >= 11 is 0. The Kier molecular flexibility index (Phi) is 4.61. The van der Waals surface area contributed by atoms with Crippen LogP contribution in [-0.2, 0) is 16.0 Å². The fraction of sp³-hybridized carbons (Fsp3) is 0.471. The third-order valence-corrected chi connectivity index (χ3v) is 4.19. The molecular weight excluding hydrogens is 252 g/mol. The van der Waals surface area contributed by atoms with Crippen molar-refractivity contribution in [2.24, 2.45) is 11.3 Å². The molecule has 0 saturated carbocycles. The van der Waals surface area contributed by atoms with Gasteiger partial charge in [-0.2, -0.15) is 0 Å². The van der Waals surface area contributed by atoms with E-state index in [0.29, 0.717) is 18.8 Å². The lowest BCUT2D eigenvalue weighted by molar-refractivity contribution is -0.148. The number of carbonyl (C=O) groups is 1. The van der Waals surface area contributed by atoms with Crippen LogP contribution in [0.25, 0.3) is 0 Å². The number of ether oxygens (including phenoxy) is 1. The normalized spacial score (nSPS) is 18.1. The van der Waals surface area contributed by atoms with Crippen molar-refractivity contribution < 1.29 is 14.6 Å². The molecule has 0 spiro atoms. The Hall–Kier alpha value is -1.61. The lowest BCUT2D eigenvalue weighted by atomic mass is 9.65. The van der Waals surface area contributed by atoms with Gasteiger partial charge in [-0.05, 0) is 18.4 Å². The SMILES string of the molecule is C=C(C(=O)O)C(CCC)C1(Cc2ccccc2)COC1. The summed E-state index contributed by atoms with van der Waals surface area (Å²) in [6.45, 7) is 7.14. The van der Waals surface area contributed by atoms with Gasteiger partial charge in [-0.3, -0.25) is 0 Å². The zero-order valence-corrected chi connectivity index (χ0v) is 12.0. The Morgan fingerprint density at radius 2 is 2.05 bits per heavy atom. The van der Waals surface area contributed by atoms with Crippen molar-refractivity contribution in [2.75, 3.05) is 13.2 Å². The van der Waals surface area contributed by atoms with Crippen LogP contribution in [-0.4, -0.2) is 24.3 Å². The quantitative estimate of drug-likeness (QED) is 0.776. The van der Waals surface area contributed by atoms with Gasteiger partial charge in [-0.1, -0.05) is 50.3 Å². The first-order valence-corrected chi connectivity index (χ1v) is 7.13. The van der Waals surface area contributed by atoms with Crippen molar-refractivity contribution in [3.8, 4) is 0 Å². The maximum absolute atomic E-state index is 11.3. The monoisotopic (exact) mass is 274 g/mol. The zero-order chi connectivity index (χ0) is 14.6. The van der Waals surface area contributed by atoms with Gasteiger partial charge in [-0.15, -0.1) is 0 Å². The van der Waals surface area contributed by atoms with E-state index in [-0.39, 0.29) is 11.3 Å². The predicted molar refractivity (Wildman–Crippen MR) is 78.6 cm³/mol. The minimum atomic E-state index is -0.886. The minimum absolute atomic E-state index is 0.0149. The van der Waals surface area contributed by atoms with E-state index < -0.39 is 5.97 Å². The molecule has 0 bridgehead atoms. The Morgan fingerprint density at radius 1 is 1.40 bits per heavy atom. The van der Waals surface area contributed by atoms with Crippen LogP contribution in [0.5, 0.6) is 0 Å². The highest BCUT2D eigenvalue weighted by Crippen LogP contribution is 2.44. The van der Waals surface area contributed by atoms with Crippen LogP contribution in [0.1, 0.15) is 25.3 Å². The van der Waals surface area contributed by atoms with Gasteiger partial charge in [0, 0.05) is 16.9 Å². The van der Waals surface area contributed by atoms with Crippen LogP contribution in [0.2, 0.25) is 0 Å². The number of carboxylic acid groups (broad SMARTS) is 1. The molecule has 0 radical (unpaired) electrons. The van der Waals surface area contributed by atoms with E-state index >= 15 is 0 Å². The fourth-order valence-corrected chi connectivity index (χ4v) is 3.08. The highest BCUT2D eigenvalue weighted by atomic mass is 16.5. The van der Waals surface area contributed by atoms with Gasteiger partial charge in [0.1, 0.15) is 0 Å². The first-order valence-electron chi connectivity index (χ1n) is 7.13. The molecule has 1 fully saturated rings. The van der Waals surface area contributed by atoms with E-state index in [1.807, 2.05) is 18.2 Å².